The van der Waals surface area contributed by atoms with Crippen LogP contribution >= 0.6 is 0 Å². The van der Waals surface area contributed by atoms with Crippen LogP contribution in [0.5, 0.6) is 0 Å². The minimum Gasteiger partial charge on any atom is -0.399 e. The topological polar surface area (TPSA) is 29.3 Å². The summed E-state index contributed by atoms with van der Waals surface area (Å²) in [6.45, 7) is 7.82. The van der Waals surface area contributed by atoms with Crippen LogP contribution < -0.4 is 10.6 Å². The highest BCUT2D eigenvalue weighted by Crippen LogP contribution is 2.20. The van der Waals surface area contributed by atoms with Crippen molar-refractivity contribution in [2.75, 3.05) is 17.2 Å². The molecule has 0 atom stereocenters. The van der Waals surface area contributed by atoms with Crippen LogP contribution in [0.4, 0.5) is 11.4 Å². The molecule has 0 spiro atoms. The van der Waals surface area contributed by atoms with E-state index in [1.165, 1.54) is 24.9 Å². The van der Waals surface area contributed by atoms with Crippen LogP contribution in [0, 0.1) is 0 Å². The molecule has 0 amide bonds. The standard InChI is InChI=1S/C14H24N2/c1-4-5-6-10-16(12(2)3)14-9-7-8-13(15)11-14/h7-9,11-12H,4-6,10,15H2,1-3H3. The first-order chi connectivity index (χ1) is 7.65. The average Bonchev–Trinajstić information content (AvgIpc) is 2.24. The van der Waals surface area contributed by atoms with Gasteiger partial charge in [0, 0.05) is 24.0 Å². The van der Waals surface area contributed by atoms with Crippen LogP contribution in [0.2, 0.25) is 0 Å². The lowest BCUT2D eigenvalue weighted by Crippen LogP contribution is -2.31. The highest BCUT2D eigenvalue weighted by molar-refractivity contribution is 5.56. The summed E-state index contributed by atoms with van der Waals surface area (Å²) >= 11 is 0. The second-order valence-electron chi connectivity index (χ2n) is 4.59. The van der Waals surface area contributed by atoms with Crippen LogP contribution in [0.15, 0.2) is 24.3 Å². The molecule has 0 heterocycles. The number of hydrogen-bond acceptors (Lipinski definition) is 2. The maximum Gasteiger partial charge on any atom is 0.0389 e. The molecule has 90 valence electrons. The molecule has 0 bridgehead atoms. The van der Waals surface area contributed by atoms with Crippen molar-refractivity contribution in [3.8, 4) is 0 Å². The van der Waals surface area contributed by atoms with Gasteiger partial charge in [0.25, 0.3) is 0 Å². The Balaban J connectivity index is 2.69. The minimum atomic E-state index is 0.527. The van der Waals surface area contributed by atoms with Gasteiger partial charge in [-0.2, -0.15) is 0 Å². The van der Waals surface area contributed by atoms with Crippen LogP contribution in [-0.4, -0.2) is 12.6 Å². The van der Waals surface area contributed by atoms with E-state index in [9.17, 15) is 0 Å². The number of rotatable bonds is 6. The first-order valence-corrected chi connectivity index (χ1v) is 6.27. The predicted octanol–water partition coefficient (Wildman–Crippen LogP) is 3.67. The molecule has 0 radical (unpaired) electrons. The van der Waals surface area contributed by atoms with Gasteiger partial charge in [-0.05, 0) is 38.5 Å². The van der Waals surface area contributed by atoms with E-state index in [1.54, 1.807) is 0 Å². The predicted molar refractivity (Wildman–Crippen MR) is 72.9 cm³/mol. The Bertz CT molecular complexity index is 307. The van der Waals surface area contributed by atoms with E-state index in [0.29, 0.717) is 6.04 Å². The molecule has 0 saturated heterocycles. The van der Waals surface area contributed by atoms with Gasteiger partial charge in [-0.3, -0.25) is 0 Å². The van der Waals surface area contributed by atoms with Crippen LogP contribution in [0.1, 0.15) is 40.0 Å². The van der Waals surface area contributed by atoms with Crippen molar-refractivity contribution < 1.29 is 0 Å². The number of nitrogens with zero attached hydrogens (tertiary/aromatic N) is 1. The van der Waals surface area contributed by atoms with E-state index in [4.69, 9.17) is 5.73 Å². The molecule has 0 aliphatic carbocycles. The monoisotopic (exact) mass is 220 g/mol. The van der Waals surface area contributed by atoms with Gasteiger partial charge >= 0.3 is 0 Å². The zero-order chi connectivity index (χ0) is 12.0. The first kappa shape index (κ1) is 12.9. The van der Waals surface area contributed by atoms with E-state index < -0.39 is 0 Å². The Morgan fingerprint density at radius 3 is 2.56 bits per heavy atom. The van der Waals surface area contributed by atoms with E-state index >= 15 is 0 Å². The second kappa shape index (κ2) is 6.41. The van der Waals surface area contributed by atoms with Crippen LogP contribution in [0.3, 0.4) is 0 Å². The van der Waals surface area contributed by atoms with Gasteiger partial charge in [-0.1, -0.05) is 25.8 Å². The molecule has 0 saturated carbocycles. The summed E-state index contributed by atoms with van der Waals surface area (Å²) in [4.78, 5) is 2.42. The molecule has 2 heteroatoms. The summed E-state index contributed by atoms with van der Waals surface area (Å²) in [6.07, 6.45) is 3.82. The molecule has 2 nitrogen and oxygen atoms in total. The average molecular weight is 220 g/mol. The summed E-state index contributed by atoms with van der Waals surface area (Å²) in [7, 11) is 0. The molecule has 1 rings (SSSR count). The van der Waals surface area contributed by atoms with Gasteiger partial charge in [0.1, 0.15) is 0 Å². The summed E-state index contributed by atoms with van der Waals surface area (Å²) < 4.78 is 0. The number of hydrogen-bond donors (Lipinski definition) is 1. The highest BCUT2D eigenvalue weighted by atomic mass is 15.1. The number of benzene rings is 1. The third kappa shape index (κ3) is 3.76. The fraction of sp³-hybridized carbons (Fsp3) is 0.571. The third-order valence-electron chi connectivity index (χ3n) is 2.83. The van der Waals surface area contributed by atoms with Crippen molar-refractivity contribution in [1.29, 1.82) is 0 Å². The number of unbranched alkanes of at least 4 members (excludes halogenated alkanes) is 2. The Kier molecular flexibility index (Phi) is 5.17. The lowest BCUT2D eigenvalue weighted by molar-refractivity contribution is 0.626. The van der Waals surface area contributed by atoms with Gasteiger partial charge in [0.15, 0.2) is 0 Å². The molecule has 0 unspecified atom stereocenters. The molecular formula is C14H24N2. The molecular weight excluding hydrogens is 196 g/mol. The van der Waals surface area contributed by atoms with Crippen LogP contribution in [-0.2, 0) is 0 Å². The molecule has 0 aromatic heterocycles. The van der Waals surface area contributed by atoms with Crippen molar-refractivity contribution in [2.24, 2.45) is 0 Å². The van der Waals surface area contributed by atoms with E-state index in [-0.39, 0.29) is 0 Å². The SMILES string of the molecule is CCCCCN(c1cccc(N)c1)C(C)C. The largest absolute Gasteiger partial charge is 0.399 e. The lowest BCUT2D eigenvalue weighted by Gasteiger charge is -2.29. The molecule has 16 heavy (non-hydrogen) atoms. The number of nitrogens with two attached hydrogens (primary N) is 1. The van der Waals surface area contributed by atoms with Crippen molar-refractivity contribution in [3.05, 3.63) is 24.3 Å². The lowest BCUT2D eigenvalue weighted by atomic mass is 10.2. The van der Waals surface area contributed by atoms with Crippen LogP contribution in [0.25, 0.3) is 0 Å². The quantitative estimate of drug-likeness (QED) is 0.585. The summed E-state index contributed by atoms with van der Waals surface area (Å²) in [5, 5.41) is 0. The van der Waals surface area contributed by atoms with Gasteiger partial charge in [0.2, 0.25) is 0 Å². The number of anilines is 2. The summed E-state index contributed by atoms with van der Waals surface area (Å²) in [5.74, 6) is 0. The second-order valence-corrected chi connectivity index (χ2v) is 4.59. The van der Waals surface area contributed by atoms with Crippen molar-refractivity contribution >= 4 is 11.4 Å². The molecule has 0 fully saturated rings. The van der Waals surface area contributed by atoms with E-state index in [2.05, 4.69) is 37.8 Å². The van der Waals surface area contributed by atoms with Crippen molar-refractivity contribution in [1.82, 2.24) is 0 Å². The molecule has 0 aliphatic heterocycles. The van der Waals surface area contributed by atoms with Crippen molar-refractivity contribution in [3.63, 3.8) is 0 Å². The summed E-state index contributed by atoms with van der Waals surface area (Å²) in [5.41, 5.74) is 7.91. The fourth-order valence-electron chi connectivity index (χ4n) is 1.92. The Labute approximate surface area is 99.5 Å². The smallest absolute Gasteiger partial charge is 0.0389 e. The number of nitrogen functional groups attached to an aromatic ring is 1. The van der Waals surface area contributed by atoms with Gasteiger partial charge in [-0.25, -0.2) is 0 Å². The molecule has 1 aromatic carbocycles. The fourth-order valence-corrected chi connectivity index (χ4v) is 1.92. The zero-order valence-corrected chi connectivity index (χ0v) is 10.7. The normalized spacial score (nSPS) is 10.8. The first-order valence-electron chi connectivity index (χ1n) is 6.27. The highest BCUT2D eigenvalue weighted by Gasteiger charge is 2.09. The molecule has 2 N–H and O–H groups in total. The minimum absolute atomic E-state index is 0.527. The maximum absolute atomic E-state index is 5.82. The van der Waals surface area contributed by atoms with E-state index in [1.807, 2.05) is 12.1 Å². The maximum atomic E-state index is 5.82. The third-order valence-corrected chi connectivity index (χ3v) is 2.83. The van der Waals surface area contributed by atoms with Gasteiger partial charge < -0.3 is 10.6 Å². The van der Waals surface area contributed by atoms with Gasteiger partial charge in [0.05, 0.1) is 0 Å². The Morgan fingerprint density at radius 1 is 1.25 bits per heavy atom. The summed E-state index contributed by atoms with van der Waals surface area (Å²) in [6, 6.07) is 8.70. The Morgan fingerprint density at radius 2 is 2.00 bits per heavy atom. The van der Waals surface area contributed by atoms with Gasteiger partial charge in [-0.15, -0.1) is 0 Å². The van der Waals surface area contributed by atoms with Crippen molar-refractivity contribution in [2.45, 2.75) is 46.1 Å². The molecule has 0 aliphatic rings. The van der Waals surface area contributed by atoms with E-state index in [0.717, 1.165) is 12.2 Å². The Hall–Kier alpha value is -1.18. The zero-order valence-electron chi connectivity index (χ0n) is 10.7. The molecule has 1 aromatic rings.